The number of nitrogens with zero attached hydrogens (tertiary/aromatic N) is 2. The Morgan fingerprint density at radius 2 is 1.10 bits per heavy atom. The molecule has 5 aromatic carbocycles. The molecule has 1 saturated carbocycles. The molecule has 2 aromatic heterocycles. The Hall–Kier alpha value is -4.95. The monoisotopic (exact) mass is 819 g/mol. The molecule has 1 spiro atoms. The summed E-state index contributed by atoms with van der Waals surface area (Å²) in [5.74, 6) is 1.43. The van der Waals surface area contributed by atoms with Gasteiger partial charge in [-0.15, -0.1) is 65.2 Å². The van der Waals surface area contributed by atoms with Crippen LogP contribution in [-0.4, -0.2) is 9.97 Å². The predicted molar refractivity (Wildman–Crippen MR) is 197 cm³/mol. The SMILES string of the molecule is [Ir].[c-]1cc2c(cc1-c1cc3c(cn1)C1CCC3CC1)C1(c3ccccc3-c3ccccc31)c1ccccc1-2.[c-]1ccccc1-c1ccccn1. The molecule has 1 radical (unpaired) electrons. The second-order valence-corrected chi connectivity index (χ2v) is 13.8. The third-order valence-corrected chi connectivity index (χ3v) is 11.4. The maximum absolute atomic E-state index is 5.03. The maximum atomic E-state index is 5.03. The minimum atomic E-state index is -0.309. The van der Waals surface area contributed by atoms with Crippen molar-refractivity contribution in [3.8, 4) is 44.8 Å². The molecule has 0 atom stereocenters. The van der Waals surface area contributed by atoms with Crippen molar-refractivity contribution in [2.45, 2.75) is 42.9 Å². The Balaban J connectivity index is 0.000000221. The molecule has 50 heavy (non-hydrogen) atoms. The van der Waals surface area contributed by atoms with E-state index >= 15 is 0 Å². The Labute approximate surface area is 307 Å². The Bertz CT molecular complexity index is 2260. The number of fused-ring (bicyclic) bond motifs is 12. The van der Waals surface area contributed by atoms with Crippen molar-refractivity contribution in [1.29, 1.82) is 0 Å². The van der Waals surface area contributed by atoms with Crippen LogP contribution in [0.3, 0.4) is 0 Å². The van der Waals surface area contributed by atoms with Gasteiger partial charge < -0.3 is 9.97 Å². The molecule has 2 bridgehead atoms. The molecular weight excluding hydrogens is 785 g/mol. The van der Waals surface area contributed by atoms with Crippen LogP contribution in [0.15, 0.2) is 146 Å². The van der Waals surface area contributed by atoms with Crippen molar-refractivity contribution >= 4 is 0 Å². The van der Waals surface area contributed by atoms with Crippen molar-refractivity contribution in [2.24, 2.45) is 0 Å². The first-order chi connectivity index (χ1) is 24.3. The summed E-state index contributed by atoms with van der Waals surface area (Å²) in [4.78, 5) is 9.25. The van der Waals surface area contributed by atoms with Crippen LogP contribution in [0.4, 0.5) is 0 Å². The number of rotatable bonds is 2. The van der Waals surface area contributed by atoms with Crippen LogP contribution in [0.5, 0.6) is 0 Å². The van der Waals surface area contributed by atoms with E-state index in [-0.39, 0.29) is 25.5 Å². The largest absolute Gasteiger partial charge is 0.305 e. The van der Waals surface area contributed by atoms with Gasteiger partial charge in [0.1, 0.15) is 0 Å². The van der Waals surface area contributed by atoms with E-state index in [0.717, 1.165) is 28.4 Å². The molecule has 5 aliphatic rings. The molecule has 7 aromatic rings. The van der Waals surface area contributed by atoms with E-state index in [1.165, 1.54) is 75.8 Å². The molecule has 2 heterocycles. The molecule has 243 valence electrons. The maximum Gasteiger partial charge on any atom is 0.0550 e. The first kappa shape index (κ1) is 31.1. The average Bonchev–Trinajstić information content (AvgIpc) is 3.66. The summed E-state index contributed by atoms with van der Waals surface area (Å²) in [5.41, 5.74) is 17.8. The van der Waals surface area contributed by atoms with Crippen molar-refractivity contribution in [2.75, 3.05) is 0 Å². The van der Waals surface area contributed by atoms with Gasteiger partial charge >= 0.3 is 0 Å². The van der Waals surface area contributed by atoms with Crippen LogP contribution in [0.2, 0.25) is 0 Å². The molecule has 12 rings (SSSR count). The quantitative estimate of drug-likeness (QED) is 0.162. The van der Waals surface area contributed by atoms with Crippen LogP contribution >= 0.6 is 0 Å². The summed E-state index contributed by atoms with van der Waals surface area (Å²) in [5, 5.41) is 0. The van der Waals surface area contributed by atoms with Gasteiger partial charge in [-0.25, -0.2) is 0 Å². The van der Waals surface area contributed by atoms with E-state index in [2.05, 4.69) is 114 Å². The van der Waals surface area contributed by atoms with E-state index in [1.807, 2.05) is 42.5 Å². The molecule has 1 fully saturated rings. The van der Waals surface area contributed by atoms with E-state index in [9.17, 15) is 0 Å². The van der Waals surface area contributed by atoms with Crippen LogP contribution in [0.1, 0.15) is 70.9 Å². The van der Waals surface area contributed by atoms with Gasteiger partial charge in [-0.05, 0) is 93.9 Å². The number of hydrogen-bond donors (Lipinski definition) is 0. The third kappa shape index (κ3) is 4.64. The molecule has 5 aliphatic carbocycles. The first-order valence-electron chi connectivity index (χ1n) is 17.5. The molecule has 0 amide bonds. The summed E-state index contributed by atoms with van der Waals surface area (Å²) in [6.45, 7) is 0. The molecule has 3 heteroatoms. The number of benzene rings is 5. The minimum absolute atomic E-state index is 0. The number of aromatic nitrogens is 2. The van der Waals surface area contributed by atoms with Crippen molar-refractivity contribution in [1.82, 2.24) is 9.97 Å². The fourth-order valence-corrected chi connectivity index (χ4v) is 9.29. The number of hydrogen-bond acceptors (Lipinski definition) is 2. The Morgan fingerprint density at radius 3 is 1.72 bits per heavy atom. The Kier molecular flexibility index (Phi) is 7.72. The van der Waals surface area contributed by atoms with E-state index in [0.29, 0.717) is 5.92 Å². The molecule has 0 aliphatic heterocycles. The van der Waals surface area contributed by atoms with E-state index in [1.54, 1.807) is 11.8 Å². The van der Waals surface area contributed by atoms with Gasteiger partial charge in [0.15, 0.2) is 0 Å². The van der Waals surface area contributed by atoms with E-state index in [4.69, 9.17) is 4.98 Å². The zero-order chi connectivity index (χ0) is 32.4. The molecule has 2 nitrogen and oxygen atoms in total. The fourth-order valence-electron chi connectivity index (χ4n) is 9.29. The average molecular weight is 819 g/mol. The van der Waals surface area contributed by atoms with Gasteiger partial charge in [0.2, 0.25) is 0 Å². The van der Waals surface area contributed by atoms with E-state index < -0.39 is 0 Å². The van der Waals surface area contributed by atoms with Crippen LogP contribution in [0.25, 0.3) is 44.8 Å². The molecular formula is C47H34IrN2-2. The Morgan fingerprint density at radius 1 is 0.500 bits per heavy atom. The van der Waals surface area contributed by atoms with Gasteiger partial charge in [-0.1, -0.05) is 102 Å². The normalized spacial score (nSPS) is 17.7. The second kappa shape index (κ2) is 12.4. The van der Waals surface area contributed by atoms with Crippen molar-refractivity contribution in [3.63, 3.8) is 0 Å². The van der Waals surface area contributed by atoms with Crippen molar-refractivity contribution in [3.05, 3.63) is 191 Å². The summed E-state index contributed by atoms with van der Waals surface area (Å²) in [6, 6.07) is 54.5. The minimum Gasteiger partial charge on any atom is -0.305 e. The van der Waals surface area contributed by atoms with Gasteiger partial charge in [0.25, 0.3) is 0 Å². The number of pyridine rings is 2. The van der Waals surface area contributed by atoms with Gasteiger partial charge in [0, 0.05) is 32.5 Å². The van der Waals surface area contributed by atoms with Gasteiger partial charge in [-0.2, -0.15) is 0 Å². The smallest absolute Gasteiger partial charge is 0.0550 e. The third-order valence-electron chi connectivity index (χ3n) is 11.4. The summed E-state index contributed by atoms with van der Waals surface area (Å²) in [7, 11) is 0. The van der Waals surface area contributed by atoms with Gasteiger partial charge in [-0.3, -0.25) is 0 Å². The summed E-state index contributed by atoms with van der Waals surface area (Å²) in [6.07, 6.45) is 9.32. The standard InChI is InChI=1S/C36H26N.C11H8N.Ir/c1-4-10-31-25(7-1)26-8-2-5-11-32(26)36(31)33-12-6-3-9-27(33)28-18-17-24(19-34(28)36)35-20-29-22-13-15-23(16-14-22)30(29)21-37-35;1-2-6-10(7-3-1)11-8-4-5-9-12-11;/h1-12,18-23H,13-16H2;1-6,8-9H;/q2*-1;. The topological polar surface area (TPSA) is 25.8 Å². The first-order valence-corrected chi connectivity index (χ1v) is 17.5. The fraction of sp³-hybridized carbons (Fsp3) is 0.149. The van der Waals surface area contributed by atoms with Crippen LogP contribution < -0.4 is 0 Å². The molecule has 0 unspecified atom stereocenters. The van der Waals surface area contributed by atoms with Crippen molar-refractivity contribution < 1.29 is 20.1 Å². The zero-order valence-corrected chi connectivity index (χ0v) is 30.0. The van der Waals surface area contributed by atoms with Crippen LogP contribution in [-0.2, 0) is 25.5 Å². The second-order valence-electron chi connectivity index (χ2n) is 13.8. The zero-order valence-electron chi connectivity index (χ0n) is 27.6. The van der Waals surface area contributed by atoms with Gasteiger partial charge in [0.05, 0.1) is 5.41 Å². The molecule has 0 saturated heterocycles. The predicted octanol–water partition coefficient (Wildman–Crippen LogP) is 11.2. The van der Waals surface area contributed by atoms with Crippen LogP contribution in [0, 0.1) is 12.1 Å². The summed E-state index contributed by atoms with van der Waals surface area (Å²) < 4.78 is 0. The molecule has 0 N–H and O–H groups in total. The summed E-state index contributed by atoms with van der Waals surface area (Å²) >= 11 is 0.